The van der Waals surface area contributed by atoms with Crippen molar-refractivity contribution >= 4 is 33.3 Å². The van der Waals surface area contributed by atoms with Gasteiger partial charge in [-0.25, -0.2) is 13.2 Å². The third-order valence-corrected chi connectivity index (χ3v) is 5.99. The van der Waals surface area contributed by atoms with E-state index in [2.05, 4.69) is 4.74 Å². The van der Waals surface area contributed by atoms with Gasteiger partial charge >= 0.3 is 5.97 Å². The highest BCUT2D eigenvalue weighted by Crippen LogP contribution is 2.29. The van der Waals surface area contributed by atoms with Gasteiger partial charge in [-0.3, -0.25) is 4.31 Å². The van der Waals surface area contributed by atoms with Gasteiger partial charge in [-0.2, -0.15) is 0 Å². The van der Waals surface area contributed by atoms with Crippen LogP contribution in [0, 0.1) is 0 Å². The quantitative estimate of drug-likeness (QED) is 0.676. The fourth-order valence-corrected chi connectivity index (χ4v) is 4.38. The van der Waals surface area contributed by atoms with Gasteiger partial charge in [0, 0.05) is 6.54 Å². The van der Waals surface area contributed by atoms with Crippen molar-refractivity contribution in [1.82, 2.24) is 0 Å². The lowest BCUT2D eigenvalue weighted by Gasteiger charge is -2.25. The van der Waals surface area contributed by atoms with Crippen LogP contribution in [0.25, 0.3) is 0 Å². The van der Waals surface area contributed by atoms with Gasteiger partial charge in [0.2, 0.25) is 0 Å². The lowest BCUT2D eigenvalue weighted by Crippen LogP contribution is -2.32. The number of sulfonamides is 1. The van der Waals surface area contributed by atoms with Crippen LogP contribution in [0.4, 0.5) is 5.69 Å². The Kier molecular flexibility index (Phi) is 6.45. The van der Waals surface area contributed by atoms with Crippen LogP contribution >= 0.6 is 11.6 Å². The van der Waals surface area contributed by atoms with Crippen LogP contribution in [-0.2, 0) is 14.8 Å². The number of carbonyl (C=O) groups is 1. The normalized spacial score (nSPS) is 11.2. The number of halogens is 1. The molecule has 2 rings (SSSR count). The number of unbranched alkanes of at least 4 members (excludes halogenated alkanes) is 1. The molecule has 2 aromatic rings. The van der Waals surface area contributed by atoms with Crippen LogP contribution in [-0.4, -0.2) is 28.0 Å². The summed E-state index contributed by atoms with van der Waals surface area (Å²) < 4.78 is 32.2. The van der Waals surface area contributed by atoms with Gasteiger partial charge in [0.1, 0.15) is 4.90 Å². The highest BCUT2D eigenvalue weighted by atomic mass is 35.5. The molecule has 5 nitrogen and oxygen atoms in total. The largest absolute Gasteiger partial charge is 0.465 e. The van der Waals surface area contributed by atoms with E-state index >= 15 is 0 Å². The molecule has 7 heteroatoms. The number of hydrogen-bond donors (Lipinski definition) is 0. The Morgan fingerprint density at radius 1 is 1.16 bits per heavy atom. The van der Waals surface area contributed by atoms with Gasteiger partial charge < -0.3 is 4.74 Å². The molecule has 0 N–H and O–H groups in total. The minimum absolute atomic E-state index is 0.0136. The molecule has 0 unspecified atom stereocenters. The molecule has 0 heterocycles. The van der Waals surface area contributed by atoms with Crippen LogP contribution < -0.4 is 4.31 Å². The number of methoxy groups -OCH3 is 1. The van der Waals surface area contributed by atoms with Crippen LogP contribution in [0.5, 0.6) is 0 Å². The van der Waals surface area contributed by atoms with E-state index in [9.17, 15) is 13.2 Å². The zero-order chi connectivity index (χ0) is 18.4. The second-order valence-corrected chi connectivity index (χ2v) is 7.64. The van der Waals surface area contributed by atoms with Crippen LogP contribution in [0.2, 0.25) is 5.02 Å². The molecule has 0 bridgehead atoms. The van der Waals surface area contributed by atoms with Crippen molar-refractivity contribution in [3.05, 3.63) is 59.1 Å². The van der Waals surface area contributed by atoms with E-state index in [1.807, 2.05) is 13.0 Å². The summed E-state index contributed by atoms with van der Waals surface area (Å²) >= 11 is 6.17. The fourth-order valence-electron chi connectivity index (χ4n) is 2.36. The topological polar surface area (TPSA) is 63.7 Å². The van der Waals surface area contributed by atoms with E-state index in [0.29, 0.717) is 18.7 Å². The zero-order valence-corrected chi connectivity index (χ0v) is 15.7. The highest BCUT2D eigenvalue weighted by molar-refractivity contribution is 7.93. The lowest BCUT2D eigenvalue weighted by molar-refractivity contribution is 0.0600. The monoisotopic (exact) mass is 381 g/mol. The van der Waals surface area contributed by atoms with E-state index in [-0.39, 0.29) is 15.5 Å². The Labute approximate surface area is 153 Å². The molecule has 134 valence electrons. The van der Waals surface area contributed by atoms with Gasteiger partial charge in [0.25, 0.3) is 10.0 Å². The molecule has 0 saturated carbocycles. The van der Waals surface area contributed by atoms with Gasteiger partial charge in [-0.15, -0.1) is 0 Å². The molecule has 0 amide bonds. The minimum atomic E-state index is -3.86. The minimum Gasteiger partial charge on any atom is -0.465 e. The molecular weight excluding hydrogens is 362 g/mol. The molecule has 2 aromatic carbocycles. The first-order valence-electron chi connectivity index (χ1n) is 7.87. The van der Waals surface area contributed by atoms with Crippen molar-refractivity contribution in [3.63, 3.8) is 0 Å². The van der Waals surface area contributed by atoms with Crippen molar-refractivity contribution in [2.45, 2.75) is 24.7 Å². The number of ether oxygens (including phenoxy) is 1. The molecule has 0 aliphatic carbocycles. The maximum absolute atomic E-state index is 13.1. The van der Waals surface area contributed by atoms with Gasteiger partial charge in [-0.05, 0) is 36.8 Å². The second-order valence-electron chi connectivity index (χ2n) is 5.40. The summed E-state index contributed by atoms with van der Waals surface area (Å²) in [6.45, 7) is 2.34. The number of nitrogens with zero attached hydrogens (tertiary/aromatic N) is 1. The Balaban J connectivity index is 2.48. The van der Waals surface area contributed by atoms with Gasteiger partial charge in [0.15, 0.2) is 0 Å². The first-order valence-corrected chi connectivity index (χ1v) is 9.69. The van der Waals surface area contributed by atoms with E-state index in [4.69, 9.17) is 11.6 Å². The molecular formula is C18H20ClNO4S. The molecule has 0 spiro atoms. The molecule has 0 saturated heterocycles. The summed E-state index contributed by atoms with van der Waals surface area (Å²) in [4.78, 5) is 11.5. The maximum atomic E-state index is 13.1. The third kappa shape index (κ3) is 4.32. The Morgan fingerprint density at radius 3 is 2.40 bits per heavy atom. The van der Waals surface area contributed by atoms with E-state index in [1.165, 1.54) is 29.6 Å². The number of rotatable bonds is 7. The number of hydrogen-bond acceptors (Lipinski definition) is 4. The molecule has 0 atom stereocenters. The summed E-state index contributed by atoms with van der Waals surface area (Å²) in [5, 5.41) is -0.0136. The van der Waals surface area contributed by atoms with E-state index in [0.717, 1.165) is 6.42 Å². The predicted molar refractivity (Wildman–Crippen MR) is 98.7 cm³/mol. The first kappa shape index (κ1) is 19.3. The van der Waals surface area contributed by atoms with Crippen molar-refractivity contribution in [3.8, 4) is 0 Å². The Hall–Kier alpha value is -2.05. The average Bonchev–Trinajstić information content (AvgIpc) is 2.61. The van der Waals surface area contributed by atoms with Crippen molar-refractivity contribution in [2.24, 2.45) is 0 Å². The summed E-state index contributed by atoms with van der Waals surface area (Å²) in [5.41, 5.74) is 0.773. The lowest BCUT2D eigenvalue weighted by atomic mass is 10.2. The fraction of sp³-hybridized carbons (Fsp3) is 0.278. The average molecular weight is 382 g/mol. The SMILES string of the molecule is CCCCN(c1ccccc1)S(=O)(=O)c1ccc(C(=O)OC)cc1Cl. The molecule has 0 fully saturated rings. The molecule has 0 radical (unpaired) electrons. The summed E-state index contributed by atoms with van der Waals surface area (Å²) in [6.07, 6.45) is 1.57. The Morgan fingerprint density at radius 2 is 1.84 bits per heavy atom. The summed E-state index contributed by atoms with van der Waals surface area (Å²) in [7, 11) is -2.60. The standard InChI is InChI=1S/C18H20ClNO4S/c1-3-4-12-20(15-8-6-5-7-9-15)25(22,23)17-11-10-14(13-16(17)19)18(21)24-2/h5-11,13H,3-4,12H2,1-2H3. The summed E-state index contributed by atoms with van der Waals surface area (Å²) in [5.74, 6) is -0.572. The second kappa shape index (κ2) is 8.36. The van der Waals surface area contributed by atoms with Crippen molar-refractivity contribution in [2.75, 3.05) is 18.0 Å². The number of esters is 1. The zero-order valence-electron chi connectivity index (χ0n) is 14.1. The smallest absolute Gasteiger partial charge is 0.337 e. The molecule has 0 aliphatic heterocycles. The van der Waals surface area contributed by atoms with Crippen LogP contribution in [0.3, 0.4) is 0 Å². The molecule has 0 aliphatic rings. The number of benzene rings is 2. The highest BCUT2D eigenvalue weighted by Gasteiger charge is 2.27. The van der Waals surface area contributed by atoms with Crippen molar-refractivity contribution in [1.29, 1.82) is 0 Å². The van der Waals surface area contributed by atoms with Crippen molar-refractivity contribution < 1.29 is 17.9 Å². The molecule has 25 heavy (non-hydrogen) atoms. The summed E-state index contributed by atoms with van der Waals surface area (Å²) in [6, 6.07) is 12.9. The number of para-hydroxylation sites is 1. The Bertz CT molecular complexity index is 837. The molecule has 0 aromatic heterocycles. The number of carbonyl (C=O) groups excluding carboxylic acids is 1. The first-order chi connectivity index (χ1) is 11.9. The van der Waals surface area contributed by atoms with E-state index in [1.54, 1.807) is 24.3 Å². The third-order valence-electron chi connectivity index (χ3n) is 3.68. The maximum Gasteiger partial charge on any atom is 0.337 e. The predicted octanol–water partition coefficient (Wildman–Crippen LogP) is 4.12. The van der Waals surface area contributed by atoms with E-state index < -0.39 is 16.0 Å². The van der Waals surface area contributed by atoms with Gasteiger partial charge in [0.05, 0.1) is 23.4 Å². The van der Waals surface area contributed by atoms with Crippen LogP contribution in [0.15, 0.2) is 53.4 Å². The van der Waals surface area contributed by atoms with Gasteiger partial charge in [-0.1, -0.05) is 43.1 Å². The van der Waals surface area contributed by atoms with Crippen LogP contribution in [0.1, 0.15) is 30.1 Å². The number of anilines is 1.